The lowest BCUT2D eigenvalue weighted by Gasteiger charge is -2.33. The molecule has 1 heterocycles. The van der Waals surface area contributed by atoms with E-state index in [2.05, 4.69) is 29.3 Å². The van der Waals surface area contributed by atoms with E-state index >= 15 is 0 Å². The van der Waals surface area contributed by atoms with Gasteiger partial charge in [0.2, 0.25) is 5.91 Å². The summed E-state index contributed by atoms with van der Waals surface area (Å²) in [7, 11) is 0. The first kappa shape index (κ1) is 20.7. The molecule has 6 nitrogen and oxygen atoms in total. The van der Waals surface area contributed by atoms with Gasteiger partial charge >= 0.3 is 0 Å². The third-order valence-electron chi connectivity index (χ3n) is 5.17. The summed E-state index contributed by atoms with van der Waals surface area (Å²) >= 11 is 0. The second-order valence-electron chi connectivity index (χ2n) is 7.26. The number of hydrogen-bond donors (Lipinski definition) is 1. The Morgan fingerprint density at radius 2 is 2.00 bits per heavy atom. The average molecular weight is 396 g/mol. The van der Waals surface area contributed by atoms with Gasteiger partial charge < -0.3 is 15.0 Å². The van der Waals surface area contributed by atoms with E-state index in [1.165, 1.54) is 5.69 Å². The first-order valence-electron chi connectivity index (χ1n) is 10.1. The van der Waals surface area contributed by atoms with Crippen LogP contribution in [-0.2, 0) is 9.59 Å². The van der Waals surface area contributed by atoms with Gasteiger partial charge in [-0.05, 0) is 57.0 Å². The van der Waals surface area contributed by atoms with Gasteiger partial charge in [0.1, 0.15) is 11.8 Å². The van der Waals surface area contributed by atoms with Crippen LogP contribution in [0.4, 0.5) is 11.4 Å². The zero-order chi connectivity index (χ0) is 20.8. The van der Waals surface area contributed by atoms with E-state index in [0.29, 0.717) is 18.0 Å². The van der Waals surface area contributed by atoms with Gasteiger partial charge in [0.25, 0.3) is 5.91 Å². The highest BCUT2D eigenvalue weighted by Gasteiger charge is 2.32. The third kappa shape index (κ3) is 4.88. The highest BCUT2D eigenvalue weighted by Crippen LogP contribution is 2.34. The number of aryl methyl sites for hydroxylation is 1. The molecule has 1 unspecified atom stereocenters. The summed E-state index contributed by atoms with van der Waals surface area (Å²) < 4.78 is 5.50. The SMILES string of the molecule is CCN(CCCNC(=O)C(C)N1C(=O)COc2ccc(C)cc21)c1ccccc1. The fraction of sp³-hybridized carbons (Fsp3) is 0.391. The van der Waals surface area contributed by atoms with Crippen LogP contribution in [0.5, 0.6) is 5.75 Å². The normalized spacial score (nSPS) is 14.0. The smallest absolute Gasteiger partial charge is 0.265 e. The van der Waals surface area contributed by atoms with Crippen molar-refractivity contribution in [2.45, 2.75) is 33.2 Å². The van der Waals surface area contributed by atoms with Crippen LogP contribution in [0, 0.1) is 6.92 Å². The first-order valence-corrected chi connectivity index (χ1v) is 10.1. The predicted octanol–water partition coefficient (Wildman–Crippen LogP) is 3.14. The van der Waals surface area contributed by atoms with Crippen LogP contribution in [-0.4, -0.2) is 44.1 Å². The van der Waals surface area contributed by atoms with Crippen molar-refractivity contribution < 1.29 is 14.3 Å². The second-order valence-corrected chi connectivity index (χ2v) is 7.26. The van der Waals surface area contributed by atoms with Crippen LogP contribution >= 0.6 is 0 Å². The van der Waals surface area contributed by atoms with Gasteiger partial charge in [-0.3, -0.25) is 14.5 Å². The van der Waals surface area contributed by atoms with Crippen molar-refractivity contribution in [2.24, 2.45) is 0 Å². The maximum atomic E-state index is 12.7. The lowest BCUT2D eigenvalue weighted by molar-refractivity contribution is -0.127. The van der Waals surface area contributed by atoms with E-state index in [-0.39, 0.29) is 18.4 Å². The molecule has 1 aliphatic rings. The lowest BCUT2D eigenvalue weighted by atomic mass is 10.1. The number of amides is 2. The molecule has 6 heteroatoms. The standard InChI is InChI=1S/C23H29N3O3/c1-4-25(19-9-6-5-7-10-19)14-8-13-24-23(28)18(3)26-20-15-17(2)11-12-21(20)29-16-22(26)27/h5-7,9-12,15,18H,4,8,13-14,16H2,1-3H3,(H,24,28). The molecule has 0 radical (unpaired) electrons. The molecule has 154 valence electrons. The third-order valence-corrected chi connectivity index (χ3v) is 5.17. The molecule has 2 amide bonds. The lowest BCUT2D eigenvalue weighted by Crippen LogP contribution is -2.51. The van der Waals surface area contributed by atoms with Gasteiger partial charge in [-0.15, -0.1) is 0 Å². The van der Waals surface area contributed by atoms with E-state index in [9.17, 15) is 9.59 Å². The molecule has 0 aromatic heterocycles. The van der Waals surface area contributed by atoms with E-state index in [0.717, 1.165) is 25.1 Å². The largest absolute Gasteiger partial charge is 0.482 e. The molecule has 0 aliphatic carbocycles. The summed E-state index contributed by atoms with van der Waals surface area (Å²) in [5.74, 6) is 0.277. The minimum atomic E-state index is -0.594. The van der Waals surface area contributed by atoms with Gasteiger partial charge in [-0.1, -0.05) is 24.3 Å². The number of benzene rings is 2. The van der Waals surface area contributed by atoms with E-state index in [1.54, 1.807) is 11.8 Å². The van der Waals surface area contributed by atoms with Crippen LogP contribution in [0.15, 0.2) is 48.5 Å². The van der Waals surface area contributed by atoms with Gasteiger partial charge in [-0.2, -0.15) is 0 Å². The molecule has 3 rings (SSSR count). The van der Waals surface area contributed by atoms with Crippen molar-refractivity contribution in [3.8, 4) is 5.75 Å². The number of nitrogens with zero attached hydrogens (tertiary/aromatic N) is 2. The number of carbonyl (C=O) groups excluding carboxylic acids is 2. The number of ether oxygens (including phenoxy) is 1. The number of rotatable bonds is 8. The molecule has 0 fully saturated rings. The van der Waals surface area contributed by atoms with Crippen molar-refractivity contribution in [3.05, 3.63) is 54.1 Å². The maximum Gasteiger partial charge on any atom is 0.265 e. The number of hydrogen-bond acceptors (Lipinski definition) is 4. The quantitative estimate of drug-likeness (QED) is 0.698. The summed E-state index contributed by atoms with van der Waals surface area (Å²) in [5.41, 5.74) is 2.85. The second kappa shape index (κ2) is 9.45. The summed E-state index contributed by atoms with van der Waals surface area (Å²) in [6.07, 6.45) is 0.827. The van der Waals surface area contributed by atoms with Crippen molar-refractivity contribution in [3.63, 3.8) is 0 Å². The van der Waals surface area contributed by atoms with Crippen molar-refractivity contribution in [2.75, 3.05) is 36.0 Å². The monoisotopic (exact) mass is 395 g/mol. The van der Waals surface area contributed by atoms with Crippen molar-refractivity contribution >= 4 is 23.2 Å². The first-order chi connectivity index (χ1) is 14.0. The minimum absolute atomic E-state index is 0.0454. The van der Waals surface area contributed by atoms with Crippen LogP contribution < -0.4 is 19.9 Å². The molecule has 1 N–H and O–H groups in total. The number of nitrogens with one attached hydrogen (secondary N) is 1. The Hall–Kier alpha value is -3.02. The van der Waals surface area contributed by atoms with E-state index in [1.807, 2.05) is 43.3 Å². The van der Waals surface area contributed by atoms with Crippen LogP contribution in [0.2, 0.25) is 0 Å². The summed E-state index contributed by atoms with van der Waals surface area (Å²) in [6, 6.07) is 15.3. The predicted molar refractivity (Wildman–Crippen MR) is 116 cm³/mol. The van der Waals surface area contributed by atoms with Gasteiger partial charge in [-0.25, -0.2) is 0 Å². The van der Waals surface area contributed by atoms with Gasteiger partial charge in [0, 0.05) is 25.3 Å². The zero-order valence-corrected chi connectivity index (χ0v) is 17.4. The maximum absolute atomic E-state index is 12.7. The number of fused-ring (bicyclic) bond motifs is 1. The zero-order valence-electron chi connectivity index (χ0n) is 17.4. The molecular weight excluding hydrogens is 366 g/mol. The molecule has 0 bridgehead atoms. The molecular formula is C23H29N3O3. The fourth-order valence-corrected chi connectivity index (χ4v) is 3.56. The Labute approximate surface area is 172 Å². The Morgan fingerprint density at radius 3 is 2.72 bits per heavy atom. The molecule has 2 aromatic carbocycles. The number of para-hydroxylation sites is 1. The highest BCUT2D eigenvalue weighted by atomic mass is 16.5. The van der Waals surface area contributed by atoms with Crippen molar-refractivity contribution in [1.82, 2.24) is 5.32 Å². The molecule has 2 aromatic rings. The summed E-state index contributed by atoms with van der Waals surface area (Å²) in [6.45, 7) is 8.11. The topological polar surface area (TPSA) is 61.9 Å². The minimum Gasteiger partial charge on any atom is -0.482 e. The van der Waals surface area contributed by atoms with Crippen LogP contribution in [0.25, 0.3) is 0 Å². The Bertz CT molecular complexity index is 854. The number of anilines is 2. The average Bonchev–Trinajstić information content (AvgIpc) is 2.73. The molecule has 0 spiro atoms. The number of carbonyl (C=O) groups is 2. The van der Waals surface area contributed by atoms with Gasteiger partial charge in [0.15, 0.2) is 6.61 Å². The van der Waals surface area contributed by atoms with Gasteiger partial charge in [0.05, 0.1) is 5.69 Å². The Balaban J connectivity index is 1.56. The van der Waals surface area contributed by atoms with E-state index in [4.69, 9.17) is 4.74 Å². The molecule has 1 aliphatic heterocycles. The highest BCUT2D eigenvalue weighted by molar-refractivity contribution is 6.03. The molecule has 0 saturated carbocycles. The molecule has 0 saturated heterocycles. The molecule has 1 atom stereocenters. The Kier molecular flexibility index (Phi) is 6.75. The molecule has 29 heavy (non-hydrogen) atoms. The van der Waals surface area contributed by atoms with E-state index < -0.39 is 6.04 Å². The van der Waals surface area contributed by atoms with Crippen LogP contribution in [0.3, 0.4) is 0 Å². The van der Waals surface area contributed by atoms with Crippen molar-refractivity contribution in [1.29, 1.82) is 0 Å². The van der Waals surface area contributed by atoms with Crippen LogP contribution in [0.1, 0.15) is 25.8 Å². The summed E-state index contributed by atoms with van der Waals surface area (Å²) in [5, 5.41) is 2.98. The summed E-state index contributed by atoms with van der Waals surface area (Å²) in [4.78, 5) is 29.0. The Morgan fingerprint density at radius 1 is 1.24 bits per heavy atom. The fourth-order valence-electron chi connectivity index (χ4n) is 3.56.